The molecule has 2 aromatic rings. The maximum Gasteiger partial charge on any atom is 0.133 e. The van der Waals surface area contributed by atoms with Crippen LogP contribution in [0.4, 0.5) is 0 Å². The van der Waals surface area contributed by atoms with Gasteiger partial charge in [-0.3, -0.25) is 0 Å². The van der Waals surface area contributed by atoms with Crippen molar-refractivity contribution < 1.29 is 0 Å². The van der Waals surface area contributed by atoms with E-state index in [9.17, 15) is 0 Å². The third-order valence-electron chi connectivity index (χ3n) is 2.73. The molecule has 0 saturated carbocycles. The molecule has 0 unspecified atom stereocenters. The Morgan fingerprint density at radius 2 is 1.61 bits per heavy atom. The molecule has 0 bridgehead atoms. The van der Waals surface area contributed by atoms with Gasteiger partial charge in [-0.1, -0.05) is 29.3 Å². The molecule has 1 heterocycles. The van der Waals surface area contributed by atoms with Crippen LogP contribution < -0.4 is 0 Å². The highest BCUT2D eigenvalue weighted by atomic mass is 35.5. The molecule has 0 saturated heterocycles. The zero-order valence-electron chi connectivity index (χ0n) is 11.0. The standard InChI is InChI=1S/C15H17ClN2/c1-10-4-11(2)6-13(5-10)8-15-17-12(3)7-14(9-16)18-15/h4-7H,8-9H2,1-3H3. The van der Waals surface area contributed by atoms with Crippen molar-refractivity contribution in [3.05, 3.63) is 58.2 Å². The van der Waals surface area contributed by atoms with Crippen molar-refractivity contribution in [3.8, 4) is 0 Å². The summed E-state index contributed by atoms with van der Waals surface area (Å²) >= 11 is 5.83. The lowest BCUT2D eigenvalue weighted by atomic mass is 10.0. The summed E-state index contributed by atoms with van der Waals surface area (Å²) < 4.78 is 0. The highest BCUT2D eigenvalue weighted by Crippen LogP contribution is 2.13. The predicted molar refractivity (Wildman–Crippen MR) is 75.0 cm³/mol. The van der Waals surface area contributed by atoms with Crippen molar-refractivity contribution in [1.29, 1.82) is 0 Å². The van der Waals surface area contributed by atoms with Gasteiger partial charge in [0.1, 0.15) is 5.82 Å². The first-order valence-corrected chi connectivity index (χ1v) is 6.57. The van der Waals surface area contributed by atoms with Crippen LogP contribution in [0.3, 0.4) is 0 Å². The number of halogens is 1. The fourth-order valence-electron chi connectivity index (χ4n) is 2.20. The molecule has 2 nitrogen and oxygen atoms in total. The Kier molecular flexibility index (Phi) is 3.97. The van der Waals surface area contributed by atoms with E-state index >= 15 is 0 Å². The topological polar surface area (TPSA) is 25.8 Å². The largest absolute Gasteiger partial charge is 0.238 e. The van der Waals surface area contributed by atoms with Crippen molar-refractivity contribution in [2.75, 3.05) is 0 Å². The Hall–Kier alpha value is -1.41. The lowest BCUT2D eigenvalue weighted by molar-refractivity contribution is 0.911. The van der Waals surface area contributed by atoms with Crippen molar-refractivity contribution >= 4 is 11.6 Å². The average molecular weight is 261 g/mol. The number of hydrogen-bond donors (Lipinski definition) is 0. The van der Waals surface area contributed by atoms with Crippen LogP contribution in [0.15, 0.2) is 24.3 Å². The van der Waals surface area contributed by atoms with Crippen LogP contribution in [-0.4, -0.2) is 9.97 Å². The highest BCUT2D eigenvalue weighted by Gasteiger charge is 2.04. The van der Waals surface area contributed by atoms with E-state index in [2.05, 4.69) is 42.0 Å². The van der Waals surface area contributed by atoms with E-state index in [0.29, 0.717) is 5.88 Å². The number of benzene rings is 1. The molecule has 0 atom stereocenters. The third-order valence-corrected chi connectivity index (χ3v) is 3.01. The normalized spacial score (nSPS) is 10.7. The van der Waals surface area contributed by atoms with Gasteiger partial charge in [-0.05, 0) is 32.4 Å². The third kappa shape index (κ3) is 3.30. The zero-order valence-corrected chi connectivity index (χ0v) is 11.8. The Bertz CT molecular complexity index is 544. The first-order chi connectivity index (χ1) is 8.56. The predicted octanol–water partition coefficient (Wildman–Crippen LogP) is 3.73. The molecule has 1 aromatic heterocycles. The van der Waals surface area contributed by atoms with E-state index in [0.717, 1.165) is 23.6 Å². The van der Waals surface area contributed by atoms with Gasteiger partial charge >= 0.3 is 0 Å². The molecule has 0 amide bonds. The van der Waals surface area contributed by atoms with E-state index in [1.807, 2.05) is 13.0 Å². The molecule has 0 radical (unpaired) electrons. The average Bonchev–Trinajstić information content (AvgIpc) is 2.26. The maximum absolute atomic E-state index is 5.83. The van der Waals surface area contributed by atoms with Crippen molar-refractivity contribution in [1.82, 2.24) is 9.97 Å². The Balaban J connectivity index is 2.30. The van der Waals surface area contributed by atoms with Gasteiger partial charge in [0.05, 0.1) is 11.6 Å². The van der Waals surface area contributed by atoms with Crippen molar-refractivity contribution in [2.45, 2.75) is 33.1 Å². The lowest BCUT2D eigenvalue weighted by Crippen LogP contribution is -2.02. The first kappa shape index (κ1) is 13.0. The van der Waals surface area contributed by atoms with Gasteiger partial charge in [0.2, 0.25) is 0 Å². The molecule has 2 rings (SSSR count). The summed E-state index contributed by atoms with van der Waals surface area (Å²) in [4.78, 5) is 8.93. The summed E-state index contributed by atoms with van der Waals surface area (Å²) in [5.41, 5.74) is 5.66. The van der Waals surface area contributed by atoms with Gasteiger partial charge in [0, 0.05) is 12.1 Å². The number of nitrogens with zero attached hydrogens (tertiary/aromatic N) is 2. The highest BCUT2D eigenvalue weighted by molar-refractivity contribution is 6.16. The summed E-state index contributed by atoms with van der Waals surface area (Å²) in [6.45, 7) is 6.19. The zero-order chi connectivity index (χ0) is 13.1. The van der Waals surface area contributed by atoms with E-state index in [1.54, 1.807) is 0 Å². The number of rotatable bonds is 3. The number of alkyl halides is 1. The molecule has 0 aliphatic carbocycles. The van der Waals surface area contributed by atoms with Crippen LogP contribution in [0.1, 0.15) is 33.9 Å². The Morgan fingerprint density at radius 1 is 0.944 bits per heavy atom. The SMILES string of the molecule is Cc1cc(C)cc(Cc2nc(C)cc(CCl)n2)c1. The number of hydrogen-bond acceptors (Lipinski definition) is 2. The van der Waals surface area contributed by atoms with Gasteiger partial charge in [-0.15, -0.1) is 11.6 Å². The summed E-state index contributed by atoms with van der Waals surface area (Å²) in [5.74, 6) is 1.28. The minimum Gasteiger partial charge on any atom is -0.238 e. The minimum absolute atomic E-state index is 0.434. The van der Waals surface area contributed by atoms with Crippen molar-refractivity contribution in [3.63, 3.8) is 0 Å². The quantitative estimate of drug-likeness (QED) is 0.786. The van der Waals surface area contributed by atoms with E-state index in [4.69, 9.17) is 11.6 Å². The summed E-state index contributed by atoms with van der Waals surface area (Å²) in [6, 6.07) is 8.46. The van der Waals surface area contributed by atoms with Crippen molar-refractivity contribution in [2.24, 2.45) is 0 Å². The molecule has 18 heavy (non-hydrogen) atoms. The van der Waals surface area contributed by atoms with Gasteiger partial charge in [-0.25, -0.2) is 9.97 Å². The molecule has 1 aromatic carbocycles. The van der Waals surface area contributed by atoms with Gasteiger partial charge in [-0.2, -0.15) is 0 Å². The molecule has 0 spiro atoms. The lowest BCUT2D eigenvalue weighted by Gasteiger charge is -2.06. The second-order valence-electron chi connectivity index (χ2n) is 4.72. The molecular weight excluding hydrogens is 244 g/mol. The molecule has 3 heteroatoms. The summed E-state index contributed by atoms with van der Waals surface area (Å²) in [6.07, 6.45) is 0.758. The fraction of sp³-hybridized carbons (Fsp3) is 0.333. The van der Waals surface area contributed by atoms with Crippen LogP contribution in [0.2, 0.25) is 0 Å². The van der Waals surface area contributed by atoms with Gasteiger partial charge in [0.25, 0.3) is 0 Å². The molecular formula is C15H17ClN2. The summed E-state index contributed by atoms with van der Waals surface area (Å²) in [7, 11) is 0. The maximum atomic E-state index is 5.83. The Morgan fingerprint density at radius 3 is 2.22 bits per heavy atom. The van der Waals surface area contributed by atoms with Crippen LogP contribution in [0.5, 0.6) is 0 Å². The molecule has 0 aliphatic rings. The van der Waals surface area contributed by atoms with Crippen LogP contribution in [0.25, 0.3) is 0 Å². The number of aryl methyl sites for hydroxylation is 3. The summed E-state index contributed by atoms with van der Waals surface area (Å²) in [5, 5.41) is 0. The van der Waals surface area contributed by atoms with Crippen LogP contribution in [0, 0.1) is 20.8 Å². The van der Waals surface area contributed by atoms with Crippen LogP contribution >= 0.6 is 11.6 Å². The second kappa shape index (κ2) is 5.49. The monoisotopic (exact) mass is 260 g/mol. The van der Waals surface area contributed by atoms with Gasteiger partial charge < -0.3 is 0 Å². The van der Waals surface area contributed by atoms with Crippen LogP contribution in [-0.2, 0) is 12.3 Å². The molecule has 0 aliphatic heterocycles. The molecule has 0 fully saturated rings. The second-order valence-corrected chi connectivity index (χ2v) is 4.99. The van der Waals surface area contributed by atoms with E-state index < -0.39 is 0 Å². The van der Waals surface area contributed by atoms with E-state index in [-0.39, 0.29) is 0 Å². The number of aromatic nitrogens is 2. The Labute approximate surface area is 113 Å². The molecule has 94 valence electrons. The van der Waals surface area contributed by atoms with E-state index in [1.165, 1.54) is 16.7 Å². The fourth-order valence-corrected chi connectivity index (χ4v) is 2.34. The molecule has 0 N–H and O–H groups in total. The first-order valence-electron chi connectivity index (χ1n) is 6.03. The minimum atomic E-state index is 0.434. The smallest absolute Gasteiger partial charge is 0.133 e. The van der Waals surface area contributed by atoms with Gasteiger partial charge in [0.15, 0.2) is 0 Å².